The predicted octanol–water partition coefficient (Wildman–Crippen LogP) is 6.11. The molecule has 1 heterocycles. The molecule has 1 aromatic heterocycles. The summed E-state index contributed by atoms with van der Waals surface area (Å²) in [4.78, 5) is 0. The van der Waals surface area contributed by atoms with Gasteiger partial charge in [0, 0.05) is 10.6 Å². The molecule has 0 bridgehead atoms. The zero-order valence-electron chi connectivity index (χ0n) is 12.9. The van der Waals surface area contributed by atoms with Crippen molar-refractivity contribution in [2.45, 2.75) is 6.92 Å². The predicted molar refractivity (Wildman–Crippen MR) is 93.8 cm³/mol. The minimum Gasteiger partial charge on any atom is -0.457 e. The highest BCUT2D eigenvalue weighted by Gasteiger charge is 2.09. The number of nitriles is 1. The topological polar surface area (TPSA) is 36.9 Å². The number of rotatable bonds is 3. The number of hydrogen-bond acceptors (Lipinski definition) is 2. The molecule has 0 unspecified atom stereocenters. The second-order valence-electron chi connectivity index (χ2n) is 5.34. The van der Waals surface area contributed by atoms with Gasteiger partial charge in [0.25, 0.3) is 0 Å². The number of allylic oxidation sites excluding steroid dienone is 1. The lowest BCUT2D eigenvalue weighted by molar-refractivity contribution is 0.571. The Morgan fingerprint density at radius 1 is 1.12 bits per heavy atom. The van der Waals surface area contributed by atoms with Gasteiger partial charge < -0.3 is 4.42 Å². The van der Waals surface area contributed by atoms with Gasteiger partial charge in [0.15, 0.2) is 0 Å². The Bertz CT molecular complexity index is 949. The minimum absolute atomic E-state index is 0.340. The summed E-state index contributed by atoms with van der Waals surface area (Å²) >= 11 is 6.05. The molecule has 2 aromatic carbocycles. The first-order valence-corrected chi connectivity index (χ1v) is 7.69. The standard InChI is InChI=1S/C20H13ClFNO/c1-13-2-5-16(21)11-19(13)20-9-8-18(24-20)10-15(12-23)14-3-6-17(22)7-4-14/h2-11H,1H3/b15-10+. The molecule has 0 amide bonds. The Morgan fingerprint density at radius 3 is 2.58 bits per heavy atom. The zero-order valence-corrected chi connectivity index (χ0v) is 13.6. The van der Waals surface area contributed by atoms with Crippen molar-refractivity contribution >= 4 is 23.3 Å². The van der Waals surface area contributed by atoms with E-state index in [4.69, 9.17) is 16.0 Å². The average molecular weight is 338 g/mol. The van der Waals surface area contributed by atoms with Gasteiger partial charge in [-0.1, -0.05) is 29.8 Å². The summed E-state index contributed by atoms with van der Waals surface area (Å²) < 4.78 is 18.8. The number of aryl methyl sites for hydroxylation is 1. The highest BCUT2D eigenvalue weighted by atomic mass is 35.5. The zero-order chi connectivity index (χ0) is 17.1. The third-order valence-corrected chi connectivity index (χ3v) is 3.89. The Kier molecular flexibility index (Phi) is 4.50. The van der Waals surface area contributed by atoms with E-state index in [1.165, 1.54) is 12.1 Å². The molecule has 0 N–H and O–H groups in total. The molecule has 0 fully saturated rings. The molecule has 118 valence electrons. The molecular formula is C20H13ClFNO. The number of furan rings is 1. The van der Waals surface area contributed by atoms with Gasteiger partial charge in [0.1, 0.15) is 17.3 Å². The van der Waals surface area contributed by atoms with Gasteiger partial charge in [-0.2, -0.15) is 5.26 Å². The first-order valence-electron chi connectivity index (χ1n) is 7.31. The summed E-state index contributed by atoms with van der Waals surface area (Å²) in [6, 6.07) is 17.1. The normalized spacial score (nSPS) is 11.3. The fourth-order valence-electron chi connectivity index (χ4n) is 2.39. The molecule has 0 saturated carbocycles. The van der Waals surface area contributed by atoms with E-state index in [0.717, 1.165) is 11.1 Å². The quantitative estimate of drug-likeness (QED) is 0.540. The van der Waals surface area contributed by atoms with Crippen LogP contribution in [0.4, 0.5) is 4.39 Å². The highest BCUT2D eigenvalue weighted by molar-refractivity contribution is 6.30. The Labute approximate surface area is 144 Å². The maximum absolute atomic E-state index is 13.0. The largest absolute Gasteiger partial charge is 0.457 e. The second-order valence-corrected chi connectivity index (χ2v) is 5.77. The molecule has 0 aliphatic carbocycles. The molecule has 0 spiro atoms. The van der Waals surface area contributed by atoms with E-state index < -0.39 is 0 Å². The van der Waals surface area contributed by atoms with Crippen LogP contribution < -0.4 is 0 Å². The maximum Gasteiger partial charge on any atom is 0.135 e. The van der Waals surface area contributed by atoms with E-state index in [9.17, 15) is 9.65 Å². The number of halogens is 2. The van der Waals surface area contributed by atoms with Crippen LogP contribution in [0, 0.1) is 24.1 Å². The number of nitrogens with zero attached hydrogens (tertiary/aromatic N) is 1. The molecule has 0 saturated heterocycles. The van der Waals surface area contributed by atoms with Gasteiger partial charge in [0.2, 0.25) is 0 Å². The Morgan fingerprint density at radius 2 is 1.88 bits per heavy atom. The SMILES string of the molecule is Cc1ccc(Cl)cc1-c1ccc(/C=C(\C#N)c2ccc(F)cc2)o1. The smallest absolute Gasteiger partial charge is 0.135 e. The van der Waals surface area contributed by atoms with Crippen LogP contribution in [0.15, 0.2) is 59.0 Å². The van der Waals surface area contributed by atoms with Crippen LogP contribution in [-0.4, -0.2) is 0 Å². The molecule has 0 aliphatic rings. The van der Waals surface area contributed by atoms with E-state index in [0.29, 0.717) is 27.7 Å². The summed E-state index contributed by atoms with van der Waals surface area (Å²) in [7, 11) is 0. The molecular weight excluding hydrogens is 325 g/mol. The van der Waals surface area contributed by atoms with Crippen LogP contribution in [0.3, 0.4) is 0 Å². The molecule has 4 heteroatoms. The van der Waals surface area contributed by atoms with Crippen molar-refractivity contribution in [3.8, 4) is 17.4 Å². The van der Waals surface area contributed by atoms with Gasteiger partial charge in [-0.05, 0) is 60.5 Å². The molecule has 3 rings (SSSR count). The molecule has 24 heavy (non-hydrogen) atoms. The number of hydrogen-bond donors (Lipinski definition) is 0. The lowest BCUT2D eigenvalue weighted by Crippen LogP contribution is -1.82. The van der Waals surface area contributed by atoms with Crippen molar-refractivity contribution < 1.29 is 8.81 Å². The van der Waals surface area contributed by atoms with Crippen LogP contribution in [0.2, 0.25) is 5.02 Å². The van der Waals surface area contributed by atoms with Crippen molar-refractivity contribution in [1.29, 1.82) is 5.26 Å². The molecule has 0 atom stereocenters. The van der Waals surface area contributed by atoms with E-state index in [2.05, 4.69) is 6.07 Å². The van der Waals surface area contributed by atoms with Crippen LogP contribution in [0.5, 0.6) is 0 Å². The third kappa shape index (κ3) is 3.40. The van der Waals surface area contributed by atoms with Gasteiger partial charge in [0.05, 0.1) is 11.6 Å². The average Bonchev–Trinajstić information content (AvgIpc) is 3.04. The van der Waals surface area contributed by atoms with Crippen LogP contribution >= 0.6 is 11.6 Å². The van der Waals surface area contributed by atoms with E-state index in [-0.39, 0.29) is 5.82 Å². The fraction of sp³-hybridized carbons (Fsp3) is 0.0500. The van der Waals surface area contributed by atoms with E-state index in [1.807, 2.05) is 31.2 Å². The Hall–Kier alpha value is -2.83. The van der Waals surface area contributed by atoms with Gasteiger partial charge in [-0.3, -0.25) is 0 Å². The summed E-state index contributed by atoms with van der Waals surface area (Å²) in [6.45, 7) is 1.98. The lowest BCUT2D eigenvalue weighted by Gasteiger charge is -2.03. The summed E-state index contributed by atoms with van der Waals surface area (Å²) in [5.74, 6) is 0.885. The minimum atomic E-state index is -0.340. The monoisotopic (exact) mass is 337 g/mol. The molecule has 3 aromatic rings. The van der Waals surface area contributed by atoms with Gasteiger partial charge in [-0.25, -0.2) is 4.39 Å². The molecule has 0 radical (unpaired) electrons. The second kappa shape index (κ2) is 6.74. The molecule has 0 aliphatic heterocycles. The van der Waals surface area contributed by atoms with Gasteiger partial charge in [-0.15, -0.1) is 0 Å². The fourth-order valence-corrected chi connectivity index (χ4v) is 2.56. The van der Waals surface area contributed by atoms with Crippen molar-refractivity contribution in [3.05, 3.63) is 82.3 Å². The van der Waals surface area contributed by atoms with Gasteiger partial charge >= 0.3 is 0 Å². The summed E-state index contributed by atoms with van der Waals surface area (Å²) in [6.07, 6.45) is 1.64. The van der Waals surface area contributed by atoms with Crippen molar-refractivity contribution in [3.63, 3.8) is 0 Å². The summed E-state index contributed by atoms with van der Waals surface area (Å²) in [5, 5.41) is 9.98. The maximum atomic E-state index is 13.0. The highest BCUT2D eigenvalue weighted by Crippen LogP contribution is 2.29. The van der Waals surface area contributed by atoms with Crippen LogP contribution in [0.1, 0.15) is 16.9 Å². The third-order valence-electron chi connectivity index (χ3n) is 3.65. The first kappa shape index (κ1) is 16.0. The Balaban J connectivity index is 1.96. The van der Waals surface area contributed by atoms with Crippen molar-refractivity contribution in [2.75, 3.05) is 0 Å². The van der Waals surface area contributed by atoms with Crippen LogP contribution in [0.25, 0.3) is 23.0 Å². The lowest BCUT2D eigenvalue weighted by atomic mass is 10.1. The van der Waals surface area contributed by atoms with Crippen LogP contribution in [-0.2, 0) is 0 Å². The molecule has 2 nitrogen and oxygen atoms in total. The first-order chi connectivity index (χ1) is 11.6. The van der Waals surface area contributed by atoms with E-state index in [1.54, 1.807) is 24.3 Å². The number of benzene rings is 2. The van der Waals surface area contributed by atoms with Crippen molar-refractivity contribution in [1.82, 2.24) is 0 Å². The summed E-state index contributed by atoms with van der Waals surface area (Å²) in [5.41, 5.74) is 2.99. The van der Waals surface area contributed by atoms with E-state index >= 15 is 0 Å². The van der Waals surface area contributed by atoms with Crippen molar-refractivity contribution in [2.24, 2.45) is 0 Å².